The SMILES string of the molecule is COCCC(C)NS(=O)(=O)c1c(C)csc1CNC1CC1. The summed E-state index contributed by atoms with van der Waals surface area (Å²) in [5.74, 6) is 0. The third-order valence-corrected chi connectivity index (χ3v) is 6.55. The lowest BCUT2D eigenvalue weighted by Gasteiger charge is -2.15. The number of thiophene rings is 1. The van der Waals surface area contributed by atoms with Crippen molar-refractivity contribution in [2.45, 2.75) is 56.6 Å². The Bertz CT molecular complexity index is 565. The third kappa shape index (κ3) is 4.75. The van der Waals surface area contributed by atoms with Crippen molar-refractivity contribution in [2.24, 2.45) is 0 Å². The maximum absolute atomic E-state index is 12.6. The van der Waals surface area contributed by atoms with Crippen molar-refractivity contribution in [3.8, 4) is 0 Å². The number of rotatable bonds is 9. The van der Waals surface area contributed by atoms with E-state index in [1.54, 1.807) is 7.11 Å². The van der Waals surface area contributed by atoms with Gasteiger partial charge in [0.25, 0.3) is 0 Å². The molecule has 1 saturated carbocycles. The van der Waals surface area contributed by atoms with Gasteiger partial charge in [-0.2, -0.15) is 0 Å². The van der Waals surface area contributed by atoms with Gasteiger partial charge in [0.2, 0.25) is 10.0 Å². The molecule has 2 rings (SSSR count). The number of aryl methyl sites for hydroxylation is 1. The van der Waals surface area contributed by atoms with Gasteiger partial charge in [0.1, 0.15) is 4.90 Å². The van der Waals surface area contributed by atoms with Crippen molar-refractivity contribution < 1.29 is 13.2 Å². The summed E-state index contributed by atoms with van der Waals surface area (Å²) in [4.78, 5) is 1.34. The third-order valence-electron chi connectivity index (χ3n) is 3.50. The highest BCUT2D eigenvalue weighted by Gasteiger charge is 2.26. The Kier molecular flexibility index (Phi) is 5.79. The zero-order valence-electron chi connectivity index (χ0n) is 12.8. The van der Waals surface area contributed by atoms with E-state index in [1.807, 2.05) is 19.2 Å². The smallest absolute Gasteiger partial charge is 0.242 e. The molecule has 1 aromatic heterocycles. The Balaban J connectivity index is 2.08. The molecule has 2 N–H and O–H groups in total. The Morgan fingerprint density at radius 3 is 2.81 bits per heavy atom. The van der Waals surface area contributed by atoms with Crippen LogP contribution in [0.2, 0.25) is 0 Å². The second-order valence-electron chi connectivity index (χ2n) is 5.63. The van der Waals surface area contributed by atoms with Crippen LogP contribution in [0.4, 0.5) is 0 Å². The quantitative estimate of drug-likeness (QED) is 0.726. The Hall–Kier alpha value is -0.470. The van der Waals surface area contributed by atoms with Crippen LogP contribution in [0.3, 0.4) is 0 Å². The van der Waals surface area contributed by atoms with E-state index in [9.17, 15) is 8.42 Å². The highest BCUT2D eigenvalue weighted by atomic mass is 32.2. The van der Waals surface area contributed by atoms with E-state index in [0.29, 0.717) is 30.5 Å². The van der Waals surface area contributed by atoms with Crippen molar-refractivity contribution >= 4 is 21.4 Å². The zero-order chi connectivity index (χ0) is 15.5. The molecule has 1 unspecified atom stereocenters. The molecule has 0 spiro atoms. The molecule has 1 aromatic rings. The van der Waals surface area contributed by atoms with Crippen molar-refractivity contribution in [1.82, 2.24) is 10.0 Å². The van der Waals surface area contributed by atoms with Crippen LogP contribution >= 0.6 is 11.3 Å². The number of sulfonamides is 1. The molecule has 0 saturated heterocycles. The Morgan fingerprint density at radius 2 is 2.19 bits per heavy atom. The van der Waals surface area contributed by atoms with Gasteiger partial charge >= 0.3 is 0 Å². The lowest BCUT2D eigenvalue weighted by Crippen LogP contribution is -2.34. The summed E-state index contributed by atoms with van der Waals surface area (Å²) >= 11 is 1.51. The highest BCUT2D eigenvalue weighted by molar-refractivity contribution is 7.89. The van der Waals surface area contributed by atoms with Crippen molar-refractivity contribution in [2.75, 3.05) is 13.7 Å². The van der Waals surface area contributed by atoms with Gasteiger partial charge in [-0.3, -0.25) is 0 Å². The average Bonchev–Trinajstić information content (AvgIpc) is 3.16. The van der Waals surface area contributed by atoms with E-state index >= 15 is 0 Å². The second-order valence-corrected chi connectivity index (χ2v) is 8.25. The van der Waals surface area contributed by atoms with Crippen LogP contribution in [0.15, 0.2) is 10.3 Å². The molecule has 21 heavy (non-hydrogen) atoms. The fourth-order valence-corrected chi connectivity index (χ4v) is 5.21. The van der Waals surface area contributed by atoms with E-state index in [1.165, 1.54) is 24.2 Å². The van der Waals surface area contributed by atoms with E-state index in [2.05, 4.69) is 10.0 Å². The fraction of sp³-hybridized carbons (Fsp3) is 0.714. The summed E-state index contributed by atoms with van der Waals surface area (Å²) in [7, 11) is -1.85. The van der Waals surface area contributed by atoms with Crippen LogP contribution in [-0.2, 0) is 21.3 Å². The van der Waals surface area contributed by atoms with Gasteiger partial charge in [-0.1, -0.05) is 0 Å². The molecule has 120 valence electrons. The molecular formula is C14H24N2O3S2. The summed E-state index contributed by atoms with van der Waals surface area (Å²) in [5, 5.41) is 5.30. The van der Waals surface area contributed by atoms with Crippen LogP contribution in [0.1, 0.15) is 36.6 Å². The molecule has 1 aliphatic carbocycles. The fourth-order valence-electron chi connectivity index (χ4n) is 2.17. The van der Waals surface area contributed by atoms with Gasteiger partial charge in [-0.25, -0.2) is 13.1 Å². The number of ether oxygens (including phenoxy) is 1. The first-order chi connectivity index (χ1) is 9.94. The van der Waals surface area contributed by atoms with E-state index in [4.69, 9.17) is 4.74 Å². The summed E-state index contributed by atoms with van der Waals surface area (Å²) in [6.07, 6.45) is 3.05. The molecule has 0 aromatic carbocycles. The minimum Gasteiger partial charge on any atom is -0.385 e. The number of nitrogens with one attached hydrogen (secondary N) is 2. The minimum absolute atomic E-state index is 0.140. The van der Waals surface area contributed by atoms with Gasteiger partial charge in [0, 0.05) is 37.2 Å². The van der Waals surface area contributed by atoms with E-state index in [-0.39, 0.29) is 6.04 Å². The number of hydrogen-bond acceptors (Lipinski definition) is 5. The monoisotopic (exact) mass is 332 g/mol. The molecule has 0 radical (unpaired) electrons. The first-order valence-corrected chi connectivity index (χ1v) is 9.62. The first-order valence-electron chi connectivity index (χ1n) is 7.25. The van der Waals surface area contributed by atoms with Gasteiger partial charge in [0.15, 0.2) is 0 Å². The highest BCUT2D eigenvalue weighted by Crippen LogP contribution is 2.28. The van der Waals surface area contributed by atoms with E-state index < -0.39 is 10.0 Å². The van der Waals surface area contributed by atoms with Crippen LogP contribution in [-0.4, -0.2) is 34.2 Å². The topological polar surface area (TPSA) is 67.4 Å². The van der Waals surface area contributed by atoms with Crippen LogP contribution in [0.25, 0.3) is 0 Å². The van der Waals surface area contributed by atoms with Gasteiger partial charge in [-0.05, 0) is 44.1 Å². The standard InChI is InChI=1S/C14H24N2O3S2/c1-10-9-20-13(8-15-12-4-5-12)14(10)21(17,18)16-11(2)6-7-19-3/h9,11-12,15-16H,4-8H2,1-3H3. The first kappa shape index (κ1) is 16.9. The zero-order valence-corrected chi connectivity index (χ0v) is 14.4. The summed E-state index contributed by atoms with van der Waals surface area (Å²) in [6, 6.07) is 0.426. The van der Waals surface area contributed by atoms with E-state index in [0.717, 1.165) is 10.4 Å². The average molecular weight is 332 g/mol. The van der Waals surface area contributed by atoms with Crippen molar-refractivity contribution in [3.63, 3.8) is 0 Å². The summed E-state index contributed by atoms with van der Waals surface area (Å²) in [5.41, 5.74) is 0.819. The summed E-state index contributed by atoms with van der Waals surface area (Å²) < 4.78 is 32.9. The molecule has 1 heterocycles. The minimum atomic E-state index is -3.47. The second kappa shape index (κ2) is 7.19. The molecule has 0 bridgehead atoms. The normalized spacial score (nSPS) is 17.1. The molecule has 5 nitrogen and oxygen atoms in total. The Labute approximate surface area is 131 Å². The molecule has 0 amide bonds. The molecule has 0 aliphatic heterocycles. The summed E-state index contributed by atoms with van der Waals surface area (Å²) in [6.45, 7) is 4.89. The van der Waals surface area contributed by atoms with Crippen LogP contribution in [0, 0.1) is 6.92 Å². The molecule has 7 heteroatoms. The van der Waals surface area contributed by atoms with Crippen molar-refractivity contribution in [3.05, 3.63) is 15.8 Å². The predicted octanol–water partition coefficient (Wildman–Crippen LogP) is 2.01. The number of methoxy groups -OCH3 is 1. The predicted molar refractivity (Wildman–Crippen MR) is 85.2 cm³/mol. The molecule has 1 aliphatic rings. The lowest BCUT2D eigenvalue weighted by molar-refractivity contribution is 0.188. The Morgan fingerprint density at radius 1 is 1.48 bits per heavy atom. The molecule has 1 fully saturated rings. The van der Waals surface area contributed by atoms with Gasteiger partial charge in [-0.15, -0.1) is 11.3 Å². The molecular weight excluding hydrogens is 308 g/mol. The largest absolute Gasteiger partial charge is 0.385 e. The lowest BCUT2D eigenvalue weighted by atomic mass is 10.3. The van der Waals surface area contributed by atoms with Crippen LogP contribution < -0.4 is 10.0 Å². The van der Waals surface area contributed by atoms with Crippen molar-refractivity contribution in [1.29, 1.82) is 0 Å². The van der Waals surface area contributed by atoms with Crippen LogP contribution in [0.5, 0.6) is 0 Å². The van der Waals surface area contributed by atoms with Gasteiger partial charge in [0.05, 0.1) is 0 Å². The maximum Gasteiger partial charge on any atom is 0.242 e. The van der Waals surface area contributed by atoms with Gasteiger partial charge < -0.3 is 10.1 Å². The maximum atomic E-state index is 12.6. The molecule has 1 atom stereocenters. The number of hydrogen-bond donors (Lipinski definition) is 2.